The number of hydrogen-bond donors (Lipinski definition) is 0. The second-order valence-electron chi connectivity index (χ2n) is 34.8. The van der Waals surface area contributed by atoms with Crippen molar-refractivity contribution in [1.82, 2.24) is 0 Å². The molecule has 4 aliphatic carbocycles. The lowest BCUT2D eigenvalue weighted by molar-refractivity contribution is 0.563. The largest absolute Gasteiger partial charge is 0.311 e. The molecule has 24 rings (SSSR count). The van der Waals surface area contributed by atoms with Gasteiger partial charge in [0.15, 0.2) is 0 Å². The van der Waals surface area contributed by atoms with E-state index in [0.29, 0.717) is 0 Å². The van der Waals surface area contributed by atoms with Crippen LogP contribution >= 0.6 is 0 Å². The van der Waals surface area contributed by atoms with E-state index in [0.717, 1.165) is 34.1 Å². The number of rotatable bonds is 14. The molecule has 128 heavy (non-hydrogen) atoms. The van der Waals surface area contributed by atoms with Gasteiger partial charge in [0.1, 0.15) is 0 Å². The highest BCUT2D eigenvalue weighted by Gasteiger charge is 2.58. The van der Waals surface area contributed by atoms with Crippen molar-refractivity contribution >= 4 is 34.1 Å². The van der Waals surface area contributed by atoms with Crippen molar-refractivity contribution in [1.29, 1.82) is 0 Å². The minimum atomic E-state index is -0.553. The molecular weight excluding hydrogens is 1540 g/mol. The molecular formula is C126H90N2. The van der Waals surface area contributed by atoms with Crippen molar-refractivity contribution in [3.8, 4) is 89.0 Å². The lowest BCUT2D eigenvalue weighted by atomic mass is 9.51. The van der Waals surface area contributed by atoms with Gasteiger partial charge in [-0.15, -0.1) is 0 Å². The number of nitrogens with zero attached hydrogens (tertiary/aromatic N) is 2. The Labute approximate surface area is 750 Å². The normalized spacial score (nSPS) is 13.6. The molecule has 0 bridgehead atoms. The lowest BCUT2D eigenvalue weighted by Crippen LogP contribution is -2.44. The number of para-hydroxylation sites is 2. The fraction of sp³-hybridized carbons (Fsp3) is 0.0476. The predicted octanol–water partition coefficient (Wildman–Crippen LogP) is 32.4. The Morgan fingerprint density at radius 2 is 0.328 bits per heavy atom. The van der Waals surface area contributed by atoms with Gasteiger partial charge in [-0.25, -0.2) is 0 Å². The summed E-state index contributed by atoms with van der Waals surface area (Å²) in [5, 5.41) is 0. The Balaban J connectivity index is 0.000000148. The Morgan fingerprint density at radius 1 is 0.133 bits per heavy atom. The summed E-state index contributed by atoms with van der Waals surface area (Å²) in [6, 6.07) is 188. The summed E-state index contributed by atoms with van der Waals surface area (Å²) in [6.07, 6.45) is 0. The second-order valence-corrected chi connectivity index (χ2v) is 34.8. The zero-order valence-electron chi connectivity index (χ0n) is 71.4. The third-order valence-electron chi connectivity index (χ3n) is 27.8. The molecule has 2 nitrogen and oxygen atoms in total. The number of fused-ring (bicyclic) bond motifs is 18. The lowest BCUT2D eigenvalue weighted by Gasteiger charge is -2.50. The van der Waals surface area contributed by atoms with Crippen LogP contribution in [0.5, 0.6) is 0 Å². The topological polar surface area (TPSA) is 6.48 Å². The molecule has 0 radical (unpaired) electrons. The van der Waals surface area contributed by atoms with Gasteiger partial charge in [0.05, 0.1) is 16.2 Å². The van der Waals surface area contributed by atoms with Crippen molar-refractivity contribution < 1.29 is 0 Å². The van der Waals surface area contributed by atoms with E-state index < -0.39 is 16.2 Å². The predicted molar refractivity (Wildman–Crippen MR) is 533 cm³/mol. The van der Waals surface area contributed by atoms with E-state index in [1.54, 1.807) is 0 Å². The van der Waals surface area contributed by atoms with E-state index in [9.17, 15) is 0 Å². The van der Waals surface area contributed by atoms with Crippen molar-refractivity contribution in [3.63, 3.8) is 0 Å². The van der Waals surface area contributed by atoms with E-state index in [-0.39, 0.29) is 5.41 Å². The Kier molecular flexibility index (Phi) is 19.0. The molecule has 20 aromatic carbocycles. The first-order valence-electron chi connectivity index (χ1n) is 44.7. The quantitative estimate of drug-likeness (QED) is 0.107. The highest BCUT2D eigenvalue weighted by Crippen LogP contribution is 2.67. The average Bonchev–Trinajstić information content (AvgIpc) is 1.44. The van der Waals surface area contributed by atoms with Crippen LogP contribution in [0.15, 0.2) is 510 Å². The summed E-state index contributed by atoms with van der Waals surface area (Å²) in [5.74, 6) is 0. The number of hydrogen-bond acceptors (Lipinski definition) is 2. The van der Waals surface area contributed by atoms with Gasteiger partial charge in [0, 0.05) is 39.5 Å². The molecule has 0 heterocycles. The smallest absolute Gasteiger partial charge is 0.0720 e. The zero-order chi connectivity index (χ0) is 85.3. The number of anilines is 6. The maximum absolute atomic E-state index is 2.41. The molecule has 0 N–H and O–H groups in total. The summed E-state index contributed by atoms with van der Waals surface area (Å²) < 4.78 is 0. The molecule has 0 amide bonds. The van der Waals surface area contributed by atoms with Gasteiger partial charge in [-0.05, 0) is 240 Å². The van der Waals surface area contributed by atoms with E-state index >= 15 is 0 Å². The minimum Gasteiger partial charge on any atom is -0.311 e. The van der Waals surface area contributed by atoms with Crippen LogP contribution in [-0.4, -0.2) is 0 Å². The van der Waals surface area contributed by atoms with Crippen LogP contribution in [0.2, 0.25) is 0 Å². The monoisotopic (exact) mass is 1630 g/mol. The van der Waals surface area contributed by atoms with Crippen LogP contribution in [0.4, 0.5) is 34.1 Å². The fourth-order valence-corrected chi connectivity index (χ4v) is 22.2. The van der Waals surface area contributed by atoms with Crippen LogP contribution in [-0.2, 0) is 21.7 Å². The van der Waals surface area contributed by atoms with E-state index in [2.05, 4.69) is 533 Å². The molecule has 0 unspecified atom stereocenters. The molecule has 0 saturated carbocycles. The molecule has 2 heteroatoms. The maximum Gasteiger partial charge on any atom is 0.0720 e. The first kappa shape index (κ1) is 76.9. The van der Waals surface area contributed by atoms with Crippen LogP contribution in [0.1, 0.15) is 91.7 Å². The third kappa shape index (κ3) is 12.3. The molecule has 0 aliphatic heterocycles. The first-order chi connectivity index (χ1) is 63.3. The average molecular weight is 1630 g/mol. The standard InChI is InChI=1S/C68H47N.C58H43N/c1-5-20-48(21-6-1)49-36-38-50(39-37-49)51-40-44-56(45-41-51)69(55-26-11-4-12-27-55)57-46-42-52(43-47-57)58-29-19-35-65-66(58)59-28-13-14-30-60(59)68(65)63-33-17-15-31-61(63)67(53-22-7-2-8-23-53,54-24-9-3-10-25-54)62-32-16-18-34-64(62)68;1-57(2)51-23-11-13-25-53(51)58(54-26-14-12-24-52(54)57)50-22-10-9-20-49(50)56-48(21-15-27-55(56)58)44-34-38-47(39-35-44)59(45-18-7-4-8-19-45)46-36-32-43(33-37-46)42-30-28-41(29-31-42)40-16-5-3-6-17-40/h1-47H;3-39H,1-2H3. The molecule has 4 aliphatic rings. The highest BCUT2D eigenvalue weighted by atomic mass is 15.1. The van der Waals surface area contributed by atoms with Gasteiger partial charge < -0.3 is 9.80 Å². The summed E-state index contributed by atoms with van der Waals surface area (Å²) in [4.78, 5) is 4.71. The van der Waals surface area contributed by atoms with Gasteiger partial charge in [0.2, 0.25) is 0 Å². The second kappa shape index (κ2) is 31.7. The van der Waals surface area contributed by atoms with Crippen molar-refractivity contribution in [2.45, 2.75) is 35.5 Å². The first-order valence-corrected chi connectivity index (χ1v) is 44.7. The van der Waals surface area contributed by atoms with Crippen molar-refractivity contribution in [2.75, 3.05) is 9.80 Å². The van der Waals surface area contributed by atoms with Gasteiger partial charge in [-0.2, -0.15) is 0 Å². The zero-order valence-corrected chi connectivity index (χ0v) is 71.4. The van der Waals surface area contributed by atoms with Gasteiger partial charge in [-0.3, -0.25) is 0 Å². The molecule has 20 aromatic rings. The van der Waals surface area contributed by atoms with Crippen LogP contribution in [0.25, 0.3) is 89.0 Å². The Bertz CT molecular complexity index is 7360. The van der Waals surface area contributed by atoms with Crippen LogP contribution in [0.3, 0.4) is 0 Å². The Hall–Kier alpha value is -16.0. The maximum atomic E-state index is 2.41. The molecule has 0 atom stereocenters. The molecule has 0 aromatic heterocycles. The summed E-state index contributed by atoms with van der Waals surface area (Å²) in [6.45, 7) is 4.77. The highest BCUT2D eigenvalue weighted by molar-refractivity contribution is 6.00. The molecule has 604 valence electrons. The molecule has 0 fully saturated rings. The summed E-state index contributed by atoms with van der Waals surface area (Å²) in [5.41, 5.74) is 43.5. The van der Waals surface area contributed by atoms with Crippen LogP contribution in [0, 0.1) is 0 Å². The summed E-state index contributed by atoms with van der Waals surface area (Å²) >= 11 is 0. The van der Waals surface area contributed by atoms with Gasteiger partial charge in [0.25, 0.3) is 0 Å². The van der Waals surface area contributed by atoms with E-state index in [1.165, 1.54) is 167 Å². The SMILES string of the molecule is CC1(C)c2ccccc2C2(c3ccccc3-c3c(-c4ccc(N(c5ccccc5)c5ccc(-c6ccc(-c7ccccc7)cc6)cc5)cc4)cccc32)c2ccccc21.c1ccc(-c2ccc(-c3ccc(N(c4ccccc4)c4ccc(-c5cccc6c5-c5ccccc5C65c6ccccc6C(c6ccccc6)(c6ccccc6)c6ccccc65)cc4)cc3)cc2)cc1. The minimum absolute atomic E-state index is 0.122. The van der Waals surface area contributed by atoms with Crippen molar-refractivity contribution in [2.24, 2.45) is 0 Å². The Morgan fingerprint density at radius 3 is 0.633 bits per heavy atom. The van der Waals surface area contributed by atoms with Crippen molar-refractivity contribution in [3.05, 3.63) is 587 Å². The van der Waals surface area contributed by atoms with Gasteiger partial charge >= 0.3 is 0 Å². The van der Waals surface area contributed by atoms with E-state index in [4.69, 9.17) is 0 Å². The summed E-state index contributed by atoms with van der Waals surface area (Å²) in [7, 11) is 0. The van der Waals surface area contributed by atoms with Gasteiger partial charge in [-0.1, -0.05) is 451 Å². The van der Waals surface area contributed by atoms with E-state index in [1.807, 2.05) is 0 Å². The number of benzene rings is 20. The molecule has 2 spiro atoms. The van der Waals surface area contributed by atoms with Crippen LogP contribution < -0.4 is 9.80 Å². The third-order valence-corrected chi connectivity index (χ3v) is 27.8. The molecule has 0 saturated heterocycles. The fourth-order valence-electron chi connectivity index (χ4n) is 22.2.